The van der Waals surface area contributed by atoms with Crippen molar-refractivity contribution >= 4 is 11.7 Å². The van der Waals surface area contributed by atoms with E-state index >= 15 is 0 Å². The lowest BCUT2D eigenvalue weighted by molar-refractivity contribution is -0.144. The van der Waals surface area contributed by atoms with Gasteiger partial charge in [-0.3, -0.25) is 4.79 Å². The van der Waals surface area contributed by atoms with Crippen molar-refractivity contribution in [1.82, 2.24) is 0 Å². The molecule has 1 N–H and O–H groups in total. The SMILES string of the molecule is CCN(CC)c1cccc(OC2(CC(=O)O)CCC2)c1. The number of carboxylic acid groups (broad SMARTS) is 1. The van der Waals surface area contributed by atoms with Crippen LogP contribution in [0.25, 0.3) is 0 Å². The Hall–Kier alpha value is -1.71. The molecule has 1 aliphatic rings. The van der Waals surface area contributed by atoms with E-state index in [1.54, 1.807) is 0 Å². The van der Waals surface area contributed by atoms with E-state index in [1.807, 2.05) is 18.2 Å². The van der Waals surface area contributed by atoms with Crippen LogP contribution in [-0.2, 0) is 4.79 Å². The van der Waals surface area contributed by atoms with E-state index in [1.165, 1.54) is 0 Å². The molecule has 110 valence electrons. The highest BCUT2D eigenvalue weighted by Crippen LogP contribution is 2.40. The molecule has 1 fully saturated rings. The Morgan fingerprint density at radius 2 is 2.05 bits per heavy atom. The second kappa shape index (κ2) is 6.16. The first-order valence-corrected chi connectivity index (χ1v) is 7.34. The van der Waals surface area contributed by atoms with Crippen molar-refractivity contribution in [2.24, 2.45) is 0 Å². The molecule has 20 heavy (non-hydrogen) atoms. The van der Waals surface area contributed by atoms with Crippen molar-refractivity contribution in [3.8, 4) is 5.75 Å². The zero-order valence-electron chi connectivity index (χ0n) is 12.3. The number of nitrogens with zero attached hydrogens (tertiary/aromatic N) is 1. The molecular weight excluding hydrogens is 254 g/mol. The molecule has 0 aliphatic heterocycles. The Labute approximate surface area is 120 Å². The summed E-state index contributed by atoms with van der Waals surface area (Å²) in [5, 5.41) is 9.02. The second-order valence-corrected chi connectivity index (χ2v) is 5.38. The number of anilines is 1. The molecular formula is C16H23NO3. The lowest BCUT2D eigenvalue weighted by Crippen LogP contribution is -2.45. The minimum atomic E-state index is -0.787. The topological polar surface area (TPSA) is 49.8 Å². The lowest BCUT2D eigenvalue weighted by atomic mass is 9.77. The van der Waals surface area contributed by atoms with Crippen LogP contribution < -0.4 is 9.64 Å². The van der Waals surface area contributed by atoms with Gasteiger partial charge in [0.05, 0.1) is 6.42 Å². The van der Waals surface area contributed by atoms with Crippen molar-refractivity contribution in [1.29, 1.82) is 0 Å². The van der Waals surface area contributed by atoms with Gasteiger partial charge in [0.25, 0.3) is 0 Å². The van der Waals surface area contributed by atoms with Crippen molar-refractivity contribution in [2.45, 2.75) is 45.1 Å². The highest BCUT2D eigenvalue weighted by Gasteiger charge is 2.41. The summed E-state index contributed by atoms with van der Waals surface area (Å²) in [6, 6.07) is 7.95. The summed E-state index contributed by atoms with van der Waals surface area (Å²) in [6.07, 6.45) is 2.79. The van der Waals surface area contributed by atoms with E-state index in [4.69, 9.17) is 9.84 Å². The lowest BCUT2D eigenvalue weighted by Gasteiger charge is -2.41. The van der Waals surface area contributed by atoms with E-state index in [9.17, 15) is 4.79 Å². The Bertz CT molecular complexity index is 465. The molecule has 0 spiro atoms. The maximum Gasteiger partial charge on any atom is 0.307 e. The summed E-state index contributed by atoms with van der Waals surface area (Å²) in [5.41, 5.74) is 0.630. The highest BCUT2D eigenvalue weighted by atomic mass is 16.5. The van der Waals surface area contributed by atoms with Crippen LogP contribution in [0.5, 0.6) is 5.75 Å². The van der Waals surface area contributed by atoms with Gasteiger partial charge >= 0.3 is 5.97 Å². The summed E-state index contributed by atoms with van der Waals surface area (Å²) < 4.78 is 6.02. The zero-order chi connectivity index (χ0) is 14.6. The maximum absolute atomic E-state index is 11.0. The van der Waals surface area contributed by atoms with Crippen molar-refractivity contribution in [2.75, 3.05) is 18.0 Å². The molecule has 0 atom stereocenters. The van der Waals surface area contributed by atoms with Crippen molar-refractivity contribution in [3.63, 3.8) is 0 Å². The summed E-state index contributed by atoms with van der Waals surface area (Å²) in [5.74, 6) is -0.0139. The monoisotopic (exact) mass is 277 g/mol. The Morgan fingerprint density at radius 3 is 2.55 bits per heavy atom. The van der Waals surface area contributed by atoms with Crippen LogP contribution in [0.1, 0.15) is 39.5 Å². The van der Waals surface area contributed by atoms with Crippen LogP contribution in [0.2, 0.25) is 0 Å². The molecule has 1 aromatic rings. The Morgan fingerprint density at radius 1 is 1.35 bits per heavy atom. The molecule has 1 aliphatic carbocycles. The minimum Gasteiger partial charge on any atom is -0.487 e. The average Bonchev–Trinajstić information content (AvgIpc) is 2.37. The van der Waals surface area contributed by atoms with Gasteiger partial charge in [-0.15, -0.1) is 0 Å². The van der Waals surface area contributed by atoms with Crippen LogP contribution in [0.4, 0.5) is 5.69 Å². The third-order valence-electron chi connectivity index (χ3n) is 4.02. The first-order valence-electron chi connectivity index (χ1n) is 7.34. The van der Waals surface area contributed by atoms with Gasteiger partial charge in [0, 0.05) is 24.8 Å². The van der Waals surface area contributed by atoms with Gasteiger partial charge in [-0.25, -0.2) is 0 Å². The van der Waals surface area contributed by atoms with Crippen LogP contribution in [0, 0.1) is 0 Å². The summed E-state index contributed by atoms with van der Waals surface area (Å²) in [4.78, 5) is 13.2. The van der Waals surface area contributed by atoms with Gasteiger partial charge < -0.3 is 14.7 Å². The fraction of sp³-hybridized carbons (Fsp3) is 0.562. The van der Waals surface area contributed by atoms with Gasteiger partial charge in [0.2, 0.25) is 0 Å². The fourth-order valence-corrected chi connectivity index (χ4v) is 2.74. The second-order valence-electron chi connectivity index (χ2n) is 5.38. The molecule has 0 amide bonds. The smallest absolute Gasteiger partial charge is 0.307 e. The molecule has 1 aromatic carbocycles. The largest absolute Gasteiger partial charge is 0.487 e. The minimum absolute atomic E-state index is 0.0858. The molecule has 0 saturated heterocycles. The number of carboxylic acids is 1. The average molecular weight is 277 g/mol. The van der Waals surface area contributed by atoms with Gasteiger partial charge in [0.1, 0.15) is 11.4 Å². The Balaban J connectivity index is 2.12. The summed E-state index contributed by atoms with van der Waals surface area (Å²) >= 11 is 0. The van der Waals surface area contributed by atoms with Crippen molar-refractivity contribution < 1.29 is 14.6 Å². The van der Waals surface area contributed by atoms with Gasteiger partial charge in [-0.1, -0.05) is 6.07 Å². The van der Waals surface area contributed by atoms with E-state index in [0.29, 0.717) is 0 Å². The quantitative estimate of drug-likeness (QED) is 0.830. The van der Waals surface area contributed by atoms with Gasteiger partial charge in [0.15, 0.2) is 0 Å². The van der Waals surface area contributed by atoms with E-state index < -0.39 is 11.6 Å². The predicted molar refractivity (Wildman–Crippen MR) is 79.5 cm³/mol. The fourth-order valence-electron chi connectivity index (χ4n) is 2.74. The number of rotatable bonds is 7. The molecule has 4 heteroatoms. The Kier molecular flexibility index (Phi) is 4.53. The van der Waals surface area contributed by atoms with Crippen LogP contribution in [0.3, 0.4) is 0 Å². The van der Waals surface area contributed by atoms with Crippen LogP contribution >= 0.6 is 0 Å². The standard InChI is InChI=1S/C16H23NO3/c1-3-17(4-2)13-7-5-8-14(11-13)20-16(9-6-10-16)12-15(18)19/h5,7-8,11H,3-4,6,9-10,12H2,1-2H3,(H,18,19). The molecule has 0 unspecified atom stereocenters. The molecule has 0 aromatic heterocycles. The summed E-state index contributed by atoms with van der Waals surface area (Å²) in [7, 11) is 0. The van der Waals surface area contributed by atoms with Gasteiger partial charge in [-0.05, 0) is 45.2 Å². The molecule has 4 nitrogen and oxygen atoms in total. The van der Waals surface area contributed by atoms with E-state index in [2.05, 4.69) is 24.8 Å². The number of ether oxygens (including phenoxy) is 1. The highest BCUT2D eigenvalue weighted by molar-refractivity contribution is 5.68. The third kappa shape index (κ3) is 3.24. The van der Waals surface area contributed by atoms with E-state index in [-0.39, 0.29) is 6.42 Å². The normalized spacial score (nSPS) is 16.3. The van der Waals surface area contributed by atoms with E-state index in [0.717, 1.165) is 43.8 Å². The molecule has 0 heterocycles. The molecule has 0 bridgehead atoms. The first kappa shape index (κ1) is 14.7. The van der Waals surface area contributed by atoms with Gasteiger partial charge in [-0.2, -0.15) is 0 Å². The number of aliphatic carboxylic acids is 1. The molecule has 1 saturated carbocycles. The zero-order valence-corrected chi connectivity index (χ0v) is 12.3. The first-order chi connectivity index (χ1) is 9.58. The third-order valence-corrected chi connectivity index (χ3v) is 4.02. The summed E-state index contributed by atoms with van der Waals surface area (Å²) in [6.45, 7) is 6.13. The predicted octanol–water partition coefficient (Wildman–Crippen LogP) is 3.31. The van der Waals surface area contributed by atoms with Crippen molar-refractivity contribution in [3.05, 3.63) is 24.3 Å². The maximum atomic E-state index is 11.0. The molecule has 0 radical (unpaired) electrons. The number of hydrogen-bond donors (Lipinski definition) is 1. The number of carbonyl (C=O) groups is 1. The number of benzene rings is 1. The van der Waals surface area contributed by atoms with Crippen LogP contribution in [0.15, 0.2) is 24.3 Å². The number of hydrogen-bond acceptors (Lipinski definition) is 3. The molecule has 2 rings (SSSR count). The van der Waals surface area contributed by atoms with Crippen LogP contribution in [-0.4, -0.2) is 29.8 Å².